The third kappa shape index (κ3) is 3.82. The summed E-state index contributed by atoms with van der Waals surface area (Å²) < 4.78 is 0. The van der Waals surface area contributed by atoms with Crippen molar-refractivity contribution in [2.24, 2.45) is 0 Å². The van der Waals surface area contributed by atoms with E-state index in [4.69, 9.17) is 0 Å². The molecule has 0 spiro atoms. The molecule has 0 aliphatic rings. The lowest BCUT2D eigenvalue weighted by Gasteiger charge is -2.07. The summed E-state index contributed by atoms with van der Waals surface area (Å²) in [5, 5.41) is 9.33. The Morgan fingerprint density at radius 3 is 2.57 bits per heavy atom. The van der Waals surface area contributed by atoms with Crippen LogP contribution >= 0.6 is 0 Å². The molecule has 1 aromatic carbocycles. The number of nitrogens with one attached hydrogen (secondary N) is 1. The van der Waals surface area contributed by atoms with Gasteiger partial charge in [-0.3, -0.25) is 4.79 Å². The molecule has 0 bridgehead atoms. The summed E-state index contributed by atoms with van der Waals surface area (Å²) >= 11 is 0. The van der Waals surface area contributed by atoms with Crippen molar-refractivity contribution in [1.82, 2.24) is 4.98 Å². The second kappa shape index (κ2) is 7.44. The molecular weight excluding hydrogens is 260 g/mol. The molecule has 108 valence electrons. The Morgan fingerprint density at radius 2 is 1.90 bits per heavy atom. The highest BCUT2D eigenvalue weighted by molar-refractivity contribution is 5.66. The molecule has 0 amide bonds. The molecule has 3 nitrogen and oxygen atoms in total. The van der Waals surface area contributed by atoms with E-state index in [0.29, 0.717) is 16.8 Å². The van der Waals surface area contributed by atoms with Crippen molar-refractivity contribution >= 4 is 0 Å². The summed E-state index contributed by atoms with van der Waals surface area (Å²) in [6.45, 7) is 2.16. The minimum absolute atomic E-state index is 0.0793. The molecule has 1 heterocycles. The first kappa shape index (κ1) is 15.1. The normalized spacial score (nSPS) is 10.3. The third-order valence-electron chi connectivity index (χ3n) is 3.60. The zero-order valence-electron chi connectivity index (χ0n) is 12.4. The van der Waals surface area contributed by atoms with E-state index in [9.17, 15) is 10.1 Å². The van der Waals surface area contributed by atoms with Gasteiger partial charge in [0.1, 0.15) is 6.07 Å². The number of rotatable bonds is 6. The molecule has 0 aliphatic carbocycles. The van der Waals surface area contributed by atoms with Crippen LogP contribution in [0.2, 0.25) is 0 Å². The molecule has 0 saturated heterocycles. The number of aryl methyl sites for hydroxylation is 1. The van der Waals surface area contributed by atoms with Crippen molar-refractivity contribution in [2.45, 2.75) is 39.0 Å². The monoisotopic (exact) mass is 280 g/mol. The van der Waals surface area contributed by atoms with Crippen LogP contribution in [0.25, 0.3) is 11.3 Å². The number of aromatic amines is 1. The zero-order valence-corrected chi connectivity index (χ0v) is 12.4. The fourth-order valence-electron chi connectivity index (χ4n) is 2.42. The van der Waals surface area contributed by atoms with Gasteiger partial charge in [0.15, 0.2) is 0 Å². The van der Waals surface area contributed by atoms with Crippen molar-refractivity contribution < 1.29 is 0 Å². The lowest BCUT2D eigenvalue weighted by Crippen LogP contribution is -2.14. The lowest BCUT2D eigenvalue weighted by molar-refractivity contribution is 0.664. The molecule has 21 heavy (non-hydrogen) atoms. The number of pyridine rings is 1. The van der Waals surface area contributed by atoms with Crippen molar-refractivity contribution in [3.63, 3.8) is 0 Å². The maximum atomic E-state index is 12.2. The van der Waals surface area contributed by atoms with E-state index in [0.717, 1.165) is 24.8 Å². The van der Waals surface area contributed by atoms with Crippen molar-refractivity contribution in [3.8, 4) is 17.3 Å². The molecule has 0 fully saturated rings. The molecule has 0 unspecified atom stereocenters. The second-order valence-electron chi connectivity index (χ2n) is 5.20. The average molecular weight is 280 g/mol. The minimum Gasteiger partial charge on any atom is -0.321 e. The van der Waals surface area contributed by atoms with E-state index in [1.165, 1.54) is 12.8 Å². The molecule has 3 heteroatoms. The highest BCUT2D eigenvalue weighted by atomic mass is 16.1. The summed E-state index contributed by atoms with van der Waals surface area (Å²) in [6, 6.07) is 13.4. The Balaban J connectivity index is 2.28. The van der Waals surface area contributed by atoms with Gasteiger partial charge in [0.2, 0.25) is 0 Å². The molecule has 0 radical (unpaired) electrons. The maximum Gasteiger partial charge on any atom is 0.251 e. The van der Waals surface area contributed by atoms with E-state index in [2.05, 4.69) is 18.0 Å². The van der Waals surface area contributed by atoms with E-state index < -0.39 is 0 Å². The van der Waals surface area contributed by atoms with Crippen molar-refractivity contribution in [2.75, 3.05) is 0 Å². The molecule has 2 rings (SSSR count). The Hall–Kier alpha value is -2.34. The van der Waals surface area contributed by atoms with Gasteiger partial charge in [-0.1, -0.05) is 56.5 Å². The van der Waals surface area contributed by atoms with Gasteiger partial charge in [-0.25, -0.2) is 0 Å². The average Bonchev–Trinajstić information content (AvgIpc) is 2.53. The smallest absolute Gasteiger partial charge is 0.251 e. The van der Waals surface area contributed by atoms with Crippen LogP contribution in [0.3, 0.4) is 0 Å². The van der Waals surface area contributed by atoms with Crippen LogP contribution in [-0.4, -0.2) is 4.98 Å². The highest BCUT2D eigenvalue weighted by Gasteiger charge is 2.10. The molecule has 0 saturated carbocycles. The van der Waals surface area contributed by atoms with E-state index in [-0.39, 0.29) is 5.56 Å². The summed E-state index contributed by atoms with van der Waals surface area (Å²) in [5.74, 6) is 0. The van der Waals surface area contributed by atoms with Gasteiger partial charge in [0.25, 0.3) is 5.56 Å². The van der Waals surface area contributed by atoms with Crippen molar-refractivity contribution in [3.05, 3.63) is 57.9 Å². The number of H-pyrrole nitrogens is 1. The van der Waals surface area contributed by atoms with Gasteiger partial charge in [0.05, 0.1) is 11.3 Å². The number of aromatic nitrogens is 1. The Morgan fingerprint density at radius 1 is 1.14 bits per heavy atom. The quantitative estimate of drug-likeness (QED) is 0.812. The summed E-state index contributed by atoms with van der Waals surface area (Å²) in [6.07, 6.45) is 5.21. The minimum atomic E-state index is -0.0793. The number of hydrogen-bond donors (Lipinski definition) is 1. The van der Waals surface area contributed by atoms with Crippen LogP contribution in [0.4, 0.5) is 0 Å². The Labute approximate surface area is 125 Å². The fourth-order valence-corrected chi connectivity index (χ4v) is 2.42. The number of hydrogen-bond acceptors (Lipinski definition) is 2. The molecule has 2 aromatic rings. The van der Waals surface area contributed by atoms with Gasteiger partial charge < -0.3 is 4.98 Å². The molecule has 1 N–H and O–H groups in total. The Kier molecular flexibility index (Phi) is 5.34. The predicted molar refractivity (Wildman–Crippen MR) is 85.1 cm³/mol. The maximum absolute atomic E-state index is 12.2. The van der Waals surface area contributed by atoms with Gasteiger partial charge in [-0.05, 0) is 24.5 Å². The Bertz CT molecular complexity index is 681. The first-order valence-corrected chi connectivity index (χ1v) is 7.48. The summed E-state index contributed by atoms with van der Waals surface area (Å²) in [5.41, 5.74) is 2.64. The van der Waals surface area contributed by atoms with Crippen LogP contribution in [0.1, 0.15) is 43.7 Å². The number of nitrogens with zero attached hydrogens (tertiary/aromatic N) is 1. The topological polar surface area (TPSA) is 56.6 Å². The number of benzene rings is 1. The molecule has 0 atom stereocenters. The van der Waals surface area contributed by atoms with E-state index >= 15 is 0 Å². The fraction of sp³-hybridized carbons (Fsp3) is 0.333. The van der Waals surface area contributed by atoms with Gasteiger partial charge >= 0.3 is 0 Å². The second-order valence-corrected chi connectivity index (χ2v) is 5.20. The highest BCUT2D eigenvalue weighted by Crippen LogP contribution is 2.20. The van der Waals surface area contributed by atoms with Crippen LogP contribution in [0.15, 0.2) is 41.2 Å². The molecule has 1 aromatic heterocycles. The standard InChI is InChI=1S/C18H20N2O/c1-2-3-4-6-11-15-12-16(13-19)17(20-18(15)21)14-9-7-5-8-10-14/h5,7-10,12H,2-4,6,11H2,1H3,(H,20,21). The van der Waals surface area contributed by atoms with Gasteiger partial charge in [-0.15, -0.1) is 0 Å². The van der Waals surface area contributed by atoms with Crippen LogP contribution in [0, 0.1) is 11.3 Å². The molecule has 0 aliphatic heterocycles. The first-order chi connectivity index (χ1) is 10.3. The van der Waals surface area contributed by atoms with Crippen molar-refractivity contribution in [1.29, 1.82) is 5.26 Å². The van der Waals surface area contributed by atoms with Crippen LogP contribution in [-0.2, 0) is 6.42 Å². The lowest BCUT2D eigenvalue weighted by atomic mass is 10.0. The predicted octanol–water partition coefficient (Wildman–Crippen LogP) is 4.04. The molecular formula is C18H20N2O. The number of nitriles is 1. The zero-order chi connectivity index (χ0) is 15.1. The van der Waals surface area contributed by atoms with Crippen LogP contribution in [0.5, 0.6) is 0 Å². The van der Waals surface area contributed by atoms with Gasteiger partial charge in [-0.2, -0.15) is 5.26 Å². The largest absolute Gasteiger partial charge is 0.321 e. The van der Waals surface area contributed by atoms with Gasteiger partial charge in [0, 0.05) is 5.56 Å². The summed E-state index contributed by atoms with van der Waals surface area (Å²) in [7, 11) is 0. The summed E-state index contributed by atoms with van der Waals surface area (Å²) in [4.78, 5) is 15.1. The van der Waals surface area contributed by atoms with Crippen LogP contribution < -0.4 is 5.56 Å². The SMILES string of the molecule is CCCCCCc1cc(C#N)c(-c2ccccc2)[nH]c1=O. The first-order valence-electron chi connectivity index (χ1n) is 7.48. The van der Waals surface area contributed by atoms with E-state index in [1.54, 1.807) is 6.07 Å². The third-order valence-corrected chi connectivity index (χ3v) is 3.60. The van der Waals surface area contributed by atoms with E-state index in [1.807, 2.05) is 30.3 Å². The number of unbranched alkanes of at least 4 members (excludes halogenated alkanes) is 3.